The maximum absolute atomic E-state index is 12.1. The maximum Gasteiger partial charge on any atom is 0.403 e. The van der Waals surface area contributed by atoms with Crippen LogP contribution in [-0.4, -0.2) is 12.2 Å². The van der Waals surface area contributed by atoms with Crippen molar-refractivity contribution in [2.75, 3.05) is 5.73 Å². The Bertz CT molecular complexity index is 297. The maximum atomic E-state index is 12.1. The third kappa shape index (κ3) is 4.40. The molecule has 0 saturated heterocycles. The SMILES string of the molecule is Cl.Nc1ccc(CC(N)C(F)(F)F)cc1. The van der Waals surface area contributed by atoms with E-state index in [1.807, 2.05) is 0 Å². The van der Waals surface area contributed by atoms with Gasteiger partial charge in [0.2, 0.25) is 0 Å². The number of alkyl halides is 3. The van der Waals surface area contributed by atoms with Crippen LogP contribution in [0.3, 0.4) is 0 Å². The Morgan fingerprint density at radius 3 is 2.00 bits per heavy atom. The van der Waals surface area contributed by atoms with Crippen molar-refractivity contribution < 1.29 is 13.2 Å². The van der Waals surface area contributed by atoms with Crippen LogP contribution in [0.1, 0.15) is 5.56 Å². The van der Waals surface area contributed by atoms with Crippen LogP contribution in [0.4, 0.5) is 18.9 Å². The van der Waals surface area contributed by atoms with Gasteiger partial charge in [-0.1, -0.05) is 12.1 Å². The van der Waals surface area contributed by atoms with Crippen LogP contribution in [0.25, 0.3) is 0 Å². The van der Waals surface area contributed by atoms with Crippen molar-refractivity contribution in [3.63, 3.8) is 0 Å². The highest BCUT2D eigenvalue weighted by Gasteiger charge is 2.36. The molecule has 86 valence electrons. The zero-order valence-electron chi connectivity index (χ0n) is 7.79. The number of hydrogen-bond donors (Lipinski definition) is 2. The predicted octanol–water partition coefficient (Wildman–Crippen LogP) is 2.12. The fourth-order valence-electron chi connectivity index (χ4n) is 1.02. The molecule has 1 unspecified atom stereocenters. The van der Waals surface area contributed by atoms with Gasteiger partial charge in [0.25, 0.3) is 0 Å². The summed E-state index contributed by atoms with van der Waals surface area (Å²) in [4.78, 5) is 0. The molecule has 0 spiro atoms. The number of hydrogen-bond acceptors (Lipinski definition) is 2. The minimum atomic E-state index is -4.35. The zero-order chi connectivity index (χ0) is 10.8. The van der Waals surface area contributed by atoms with E-state index >= 15 is 0 Å². The standard InChI is InChI=1S/C9H11F3N2.ClH/c10-9(11,12)8(14)5-6-1-3-7(13)4-2-6;/h1-4,8H,5,13-14H2;1H. The molecule has 0 aliphatic heterocycles. The Kier molecular flexibility index (Phi) is 4.90. The highest BCUT2D eigenvalue weighted by Crippen LogP contribution is 2.21. The lowest BCUT2D eigenvalue weighted by atomic mass is 10.1. The van der Waals surface area contributed by atoms with Gasteiger partial charge in [-0.25, -0.2) is 0 Å². The van der Waals surface area contributed by atoms with Gasteiger partial charge in [0.15, 0.2) is 0 Å². The number of nitrogen functional groups attached to an aromatic ring is 1. The normalized spacial score (nSPS) is 13.1. The Morgan fingerprint density at radius 1 is 1.13 bits per heavy atom. The Labute approximate surface area is 91.9 Å². The molecule has 1 atom stereocenters. The van der Waals surface area contributed by atoms with E-state index in [1.165, 1.54) is 0 Å². The van der Waals surface area contributed by atoms with E-state index in [-0.39, 0.29) is 18.8 Å². The molecule has 0 aliphatic carbocycles. The summed E-state index contributed by atoms with van der Waals surface area (Å²) >= 11 is 0. The third-order valence-electron chi connectivity index (χ3n) is 1.86. The topological polar surface area (TPSA) is 52.0 Å². The van der Waals surface area contributed by atoms with E-state index < -0.39 is 12.2 Å². The van der Waals surface area contributed by atoms with Crippen LogP contribution in [0.5, 0.6) is 0 Å². The summed E-state index contributed by atoms with van der Waals surface area (Å²) in [7, 11) is 0. The molecule has 0 saturated carbocycles. The summed E-state index contributed by atoms with van der Waals surface area (Å²) in [5.41, 5.74) is 11.4. The third-order valence-corrected chi connectivity index (χ3v) is 1.86. The summed E-state index contributed by atoms with van der Waals surface area (Å²) < 4.78 is 36.2. The van der Waals surface area contributed by atoms with E-state index in [0.29, 0.717) is 11.3 Å². The van der Waals surface area contributed by atoms with Crippen molar-refractivity contribution in [2.24, 2.45) is 5.73 Å². The molecule has 1 rings (SSSR count). The summed E-state index contributed by atoms with van der Waals surface area (Å²) in [5, 5.41) is 0. The van der Waals surface area contributed by atoms with Gasteiger partial charge in [-0.3, -0.25) is 0 Å². The Balaban J connectivity index is 0.00000196. The molecule has 4 N–H and O–H groups in total. The number of anilines is 1. The first-order chi connectivity index (χ1) is 6.39. The molecule has 6 heteroatoms. The predicted molar refractivity (Wildman–Crippen MR) is 55.8 cm³/mol. The lowest BCUT2D eigenvalue weighted by Gasteiger charge is -2.15. The first kappa shape index (κ1) is 14.1. The van der Waals surface area contributed by atoms with Crippen LogP contribution in [0, 0.1) is 0 Å². The molecule has 0 aromatic heterocycles. The van der Waals surface area contributed by atoms with Crippen molar-refractivity contribution in [2.45, 2.75) is 18.6 Å². The van der Waals surface area contributed by atoms with Crippen LogP contribution in [-0.2, 0) is 6.42 Å². The Morgan fingerprint density at radius 2 is 1.60 bits per heavy atom. The van der Waals surface area contributed by atoms with Gasteiger partial charge in [-0.15, -0.1) is 12.4 Å². The van der Waals surface area contributed by atoms with Crippen LogP contribution in [0.2, 0.25) is 0 Å². The Hall–Kier alpha value is -0.940. The fraction of sp³-hybridized carbons (Fsp3) is 0.333. The highest BCUT2D eigenvalue weighted by molar-refractivity contribution is 5.85. The minimum absolute atomic E-state index is 0. The van der Waals surface area contributed by atoms with Crippen molar-refractivity contribution in [1.82, 2.24) is 0 Å². The van der Waals surface area contributed by atoms with Crippen molar-refractivity contribution in [3.8, 4) is 0 Å². The zero-order valence-corrected chi connectivity index (χ0v) is 8.61. The molecule has 1 aromatic carbocycles. The van der Waals surface area contributed by atoms with Crippen LogP contribution >= 0.6 is 12.4 Å². The first-order valence-electron chi connectivity index (χ1n) is 4.06. The largest absolute Gasteiger partial charge is 0.403 e. The van der Waals surface area contributed by atoms with E-state index in [1.54, 1.807) is 24.3 Å². The van der Waals surface area contributed by atoms with Gasteiger partial charge >= 0.3 is 6.18 Å². The lowest BCUT2D eigenvalue weighted by Crippen LogP contribution is -2.39. The van der Waals surface area contributed by atoms with E-state index in [9.17, 15) is 13.2 Å². The summed E-state index contributed by atoms with van der Waals surface area (Å²) in [6, 6.07) is 4.38. The van der Waals surface area contributed by atoms with Crippen LogP contribution < -0.4 is 11.5 Å². The van der Waals surface area contributed by atoms with Gasteiger partial charge in [-0.05, 0) is 24.1 Å². The van der Waals surface area contributed by atoms with Gasteiger partial charge in [0, 0.05) is 5.69 Å². The van der Waals surface area contributed by atoms with E-state index in [0.717, 1.165) is 0 Å². The lowest BCUT2D eigenvalue weighted by molar-refractivity contribution is -0.147. The molecule has 15 heavy (non-hydrogen) atoms. The average Bonchev–Trinajstić information content (AvgIpc) is 2.07. The van der Waals surface area contributed by atoms with Gasteiger partial charge < -0.3 is 11.5 Å². The average molecular weight is 241 g/mol. The quantitative estimate of drug-likeness (QED) is 0.778. The minimum Gasteiger partial charge on any atom is -0.399 e. The van der Waals surface area contributed by atoms with E-state index in [4.69, 9.17) is 11.5 Å². The molecule has 0 radical (unpaired) electrons. The summed E-state index contributed by atoms with van der Waals surface area (Å²) in [6.07, 6.45) is -4.56. The van der Waals surface area contributed by atoms with Gasteiger partial charge in [0.1, 0.15) is 6.04 Å². The highest BCUT2D eigenvalue weighted by atomic mass is 35.5. The van der Waals surface area contributed by atoms with Gasteiger partial charge in [-0.2, -0.15) is 13.2 Å². The molecule has 0 fully saturated rings. The molecule has 0 amide bonds. The molecular formula is C9H12ClF3N2. The monoisotopic (exact) mass is 240 g/mol. The number of nitrogens with two attached hydrogens (primary N) is 2. The first-order valence-corrected chi connectivity index (χ1v) is 4.06. The summed E-state index contributed by atoms with van der Waals surface area (Å²) in [6.45, 7) is 0. The fourth-order valence-corrected chi connectivity index (χ4v) is 1.02. The second-order valence-electron chi connectivity index (χ2n) is 3.09. The summed E-state index contributed by atoms with van der Waals surface area (Å²) in [5.74, 6) is 0. The van der Waals surface area contributed by atoms with E-state index in [2.05, 4.69) is 0 Å². The number of benzene rings is 1. The van der Waals surface area contributed by atoms with Crippen molar-refractivity contribution in [1.29, 1.82) is 0 Å². The second kappa shape index (κ2) is 5.23. The second-order valence-corrected chi connectivity index (χ2v) is 3.09. The smallest absolute Gasteiger partial charge is 0.399 e. The van der Waals surface area contributed by atoms with Crippen LogP contribution in [0.15, 0.2) is 24.3 Å². The number of halogens is 4. The molecule has 0 bridgehead atoms. The molecular weight excluding hydrogens is 229 g/mol. The molecule has 1 aromatic rings. The van der Waals surface area contributed by atoms with Gasteiger partial charge in [0.05, 0.1) is 0 Å². The molecule has 2 nitrogen and oxygen atoms in total. The van der Waals surface area contributed by atoms with Crippen molar-refractivity contribution in [3.05, 3.63) is 29.8 Å². The number of rotatable bonds is 2. The molecule has 0 heterocycles. The van der Waals surface area contributed by atoms with Crippen molar-refractivity contribution >= 4 is 18.1 Å². The molecule has 0 aliphatic rings.